The molecule has 0 aliphatic carbocycles. The molecule has 0 radical (unpaired) electrons. The number of hydrogen-bond acceptors (Lipinski definition) is 1. The van der Waals surface area contributed by atoms with Crippen LogP contribution in [0.15, 0.2) is 36.4 Å². The number of rotatable bonds is 3. The van der Waals surface area contributed by atoms with E-state index in [1.807, 2.05) is 6.07 Å². The highest BCUT2D eigenvalue weighted by molar-refractivity contribution is 6.36. The van der Waals surface area contributed by atoms with Gasteiger partial charge in [0.15, 0.2) is 0 Å². The molecule has 94 valence electrons. The second-order valence-corrected chi connectivity index (χ2v) is 4.90. The Bertz CT molecular complexity index is 570. The Labute approximate surface area is 116 Å². The highest BCUT2D eigenvalue weighted by Gasteiger charge is 2.02. The summed E-state index contributed by atoms with van der Waals surface area (Å²) in [6.45, 7) is 2.25. The summed E-state index contributed by atoms with van der Waals surface area (Å²) in [6, 6.07) is 10.4. The zero-order chi connectivity index (χ0) is 13.1. The Hall–Kier alpha value is -1.25. The van der Waals surface area contributed by atoms with Crippen LogP contribution in [0.2, 0.25) is 10.0 Å². The van der Waals surface area contributed by atoms with Gasteiger partial charge in [-0.25, -0.2) is 4.39 Å². The molecule has 1 N–H and O–H groups in total. The van der Waals surface area contributed by atoms with E-state index in [9.17, 15) is 4.39 Å². The standard InChI is InChI=1S/C14H12Cl2FN/c1-9-2-3-10(6-13(9)17)8-18-14-5-4-11(15)7-12(14)16/h2-7,18H,8H2,1H3. The Morgan fingerprint density at radius 1 is 1.11 bits per heavy atom. The van der Waals surface area contributed by atoms with E-state index in [1.165, 1.54) is 6.07 Å². The molecule has 0 unspecified atom stereocenters. The van der Waals surface area contributed by atoms with E-state index in [4.69, 9.17) is 23.2 Å². The van der Waals surface area contributed by atoms with Crippen molar-refractivity contribution >= 4 is 28.9 Å². The molecule has 1 nitrogen and oxygen atoms in total. The van der Waals surface area contributed by atoms with Gasteiger partial charge < -0.3 is 5.32 Å². The van der Waals surface area contributed by atoms with Gasteiger partial charge in [-0.15, -0.1) is 0 Å². The van der Waals surface area contributed by atoms with Gasteiger partial charge in [-0.05, 0) is 42.3 Å². The van der Waals surface area contributed by atoms with Crippen LogP contribution in [0.4, 0.5) is 10.1 Å². The minimum atomic E-state index is -0.198. The van der Waals surface area contributed by atoms with Gasteiger partial charge >= 0.3 is 0 Å². The third-order valence-corrected chi connectivity index (χ3v) is 3.20. The van der Waals surface area contributed by atoms with E-state index in [1.54, 1.807) is 31.2 Å². The van der Waals surface area contributed by atoms with E-state index >= 15 is 0 Å². The Morgan fingerprint density at radius 3 is 2.56 bits per heavy atom. The van der Waals surface area contributed by atoms with Gasteiger partial charge in [0.05, 0.1) is 10.7 Å². The topological polar surface area (TPSA) is 12.0 Å². The van der Waals surface area contributed by atoms with Crippen molar-refractivity contribution in [3.8, 4) is 0 Å². The van der Waals surface area contributed by atoms with Crippen LogP contribution in [0.1, 0.15) is 11.1 Å². The van der Waals surface area contributed by atoms with Gasteiger partial charge in [-0.2, -0.15) is 0 Å². The van der Waals surface area contributed by atoms with Crippen LogP contribution in [0.5, 0.6) is 0 Å². The van der Waals surface area contributed by atoms with Crippen LogP contribution in [0, 0.1) is 12.7 Å². The Morgan fingerprint density at radius 2 is 1.89 bits per heavy atom. The van der Waals surface area contributed by atoms with Gasteiger partial charge in [0.2, 0.25) is 0 Å². The van der Waals surface area contributed by atoms with Gasteiger partial charge in [0, 0.05) is 11.6 Å². The molecule has 0 aliphatic rings. The molecular weight excluding hydrogens is 272 g/mol. The second kappa shape index (κ2) is 5.59. The summed E-state index contributed by atoms with van der Waals surface area (Å²) in [5.74, 6) is -0.198. The maximum atomic E-state index is 13.4. The lowest BCUT2D eigenvalue weighted by Crippen LogP contribution is -2.00. The lowest BCUT2D eigenvalue weighted by Gasteiger charge is -2.09. The summed E-state index contributed by atoms with van der Waals surface area (Å²) in [6.07, 6.45) is 0. The molecule has 0 saturated carbocycles. The van der Waals surface area contributed by atoms with Crippen LogP contribution in [-0.2, 0) is 6.54 Å². The highest BCUT2D eigenvalue weighted by Crippen LogP contribution is 2.25. The minimum Gasteiger partial charge on any atom is -0.380 e. The van der Waals surface area contributed by atoms with Crippen LogP contribution in [0.3, 0.4) is 0 Å². The first-order valence-electron chi connectivity index (χ1n) is 5.50. The van der Waals surface area contributed by atoms with E-state index in [2.05, 4.69) is 5.32 Å². The molecule has 2 aromatic rings. The number of hydrogen-bond donors (Lipinski definition) is 1. The molecule has 0 bridgehead atoms. The van der Waals surface area contributed by atoms with Crippen molar-refractivity contribution in [2.45, 2.75) is 13.5 Å². The molecule has 2 aromatic carbocycles. The van der Waals surface area contributed by atoms with Crippen LogP contribution >= 0.6 is 23.2 Å². The lowest BCUT2D eigenvalue weighted by atomic mass is 10.1. The molecule has 18 heavy (non-hydrogen) atoms. The third kappa shape index (κ3) is 3.15. The second-order valence-electron chi connectivity index (χ2n) is 4.06. The number of anilines is 1. The molecule has 0 atom stereocenters. The van der Waals surface area contributed by atoms with Crippen LogP contribution in [-0.4, -0.2) is 0 Å². The molecule has 0 aliphatic heterocycles. The summed E-state index contributed by atoms with van der Waals surface area (Å²) >= 11 is 11.8. The predicted octanol–water partition coefficient (Wildman–Crippen LogP) is 5.05. The third-order valence-electron chi connectivity index (χ3n) is 2.65. The largest absolute Gasteiger partial charge is 0.380 e. The molecule has 2 rings (SSSR count). The summed E-state index contributed by atoms with van der Waals surface area (Å²) in [5.41, 5.74) is 2.29. The van der Waals surface area contributed by atoms with Crippen molar-refractivity contribution < 1.29 is 4.39 Å². The molecule has 4 heteroatoms. The first-order chi connectivity index (χ1) is 8.56. The Kier molecular flexibility index (Phi) is 4.10. The monoisotopic (exact) mass is 283 g/mol. The summed E-state index contributed by atoms with van der Waals surface area (Å²) in [7, 11) is 0. The van der Waals surface area contributed by atoms with E-state index in [0.717, 1.165) is 11.3 Å². The molecule has 0 saturated heterocycles. The van der Waals surface area contributed by atoms with Crippen LogP contribution in [0.25, 0.3) is 0 Å². The van der Waals surface area contributed by atoms with E-state index < -0.39 is 0 Å². The van der Waals surface area contributed by atoms with Crippen molar-refractivity contribution in [3.05, 3.63) is 63.4 Å². The predicted molar refractivity (Wildman–Crippen MR) is 74.9 cm³/mol. The minimum absolute atomic E-state index is 0.198. The van der Waals surface area contributed by atoms with Crippen molar-refractivity contribution in [1.82, 2.24) is 0 Å². The smallest absolute Gasteiger partial charge is 0.126 e. The van der Waals surface area contributed by atoms with Crippen molar-refractivity contribution in [1.29, 1.82) is 0 Å². The summed E-state index contributed by atoms with van der Waals surface area (Å²) in [5, 5.41) is 4.29. The SMILES string of the molecule is Cc1ccc(CNc2ccc(Cl)cc2Cl)cc1F. The quantitative estimate of drug-likeness (QED) is 0.831. The number of aryl methyl sites for hydroxylation is 1. The van der Waals surface area contributed by atoms with Crippen molar-refractivity contribution in [2.75, 3.05) is 5.32 Å². The fourth-order valence-electron chi connectivity index (χ4n) is 1.58. The maximum absolute atomic E-state index is 13.4. The maximum Gasteiger partial charge on any atom is 0.126 e. The fraction of sp³-hybridized carbons (Fsp3) is 0.143. The first-order valence-corrected chi connectivity index (χ1v) is 6.26. The highest BCUT2D eigenvalue weighted by atomic mass is 35.5. The fourth-order valence-corrected chi connectivity index (χ4v) is 2.05. The average Bonchev–Trinajstić information content (AvgIpc) is 2.32. The zero-order valence-corrected chi connectivity index (χ0v) is 11.3. The summed E-state index contributed by atoms with van der Waals surface area (Å²) in [4.78, 5) is 0. The number of nitrogens with one attached hydrogen (secondary N) is 1. The van der Waals surface area contributed by atoms with Gasteiger partial charge in [0.1, 0.15) is 5.82 Å². The number of benzene rings is 2. The summed E-state index contributed by atoms with van der Waals surface area (Å²) < 4.78 is 13.4. The molecule has 0 fully saturated rings. The van der Waals surface area contributed by atoms with E-state index in [0.29, 0.717) is 22.2 Å². The Balaban J connectivity index is 2.09. The molecule has 0 amide bonds. The lowest BCUT2D eigenvalue weighted by molar-refractivity contribution is 0.616. The average molecular weight is 284 g/mol. The molecule has 0 aromatic heterocycles. The van der Waals surface area contributed by atoms with Crippen molar-refractivity contribution in [2.24, 2.45) is 0 Å². The van der Waals surface area contributed by atoms with Gasteiger partial charge in [0.25, 0.3) is 0 Å². The van der Waals surface area contributed by atoms with Crippen molar-refractivity contribution in [3.63, 3.8) is 0 Å². The van der Waals surface area contributed by atoms with Gasteiger partial charge in [-0.3, -0.25) is 0 Å². The normalized spacial score (nSPS) is 10.4. The molecular formula is C14H12Cl2FN. The zero-order valence-electron chi connectivity index (χ0n) is 9.81. The first kappa shape index (κ1) is 13.2. The number of halogens is 3. The van der Waals surface area contributed by atoms with E-state index in [-0.39, 0.29) is 5.82 Å². The van der Waals surface area contributed by atoms with Gasteiger partial charge in [-0.1, -0.05) is 35.3 Å². The molecule has 0 spiro atoms. The molecule has 0 heterocycles. The van der Waals surface area contributed by atoms with Crippen LogP contribution < -0.4 is 5.32 Å².